The molecule has 8 nitrogen and oxygen atoms in total. The highest BCUT2D eigenvalue weighted by Gasteiger charge is 2.05. The summed E-state index contributed by atoms with van der Waals surface area (Å²) in [6.45, 7) is 0. The van der Waals surface area contributed by atoms with Crippen LogP contribution in [0.4, 0.5) is 0 Å². The molecule has 0 aliphatic heterocycles. The molecule has 0 aliphatic rings. The molecule has 0 aliphatic carbocycles. The fourth-order valence-corrected chi connectivity index (χ4v) is 2.64. The van der Waals surface area contributed by atoms with Crippen molar-refractivity contribution in [1.29, 1.82) is 0 Å². The van der Waals surface area contributed by atoms with Crippen LogP contribution in [-0.4, -0.2) is 39.4 Å². The lowest BCUT2D eigenvalue weighted by molar-refractivity contribution is 0.111. The molecular formula is C20H15BN4O4. The van der Waals surface area contributed by atoms with Crippen molar-refractivity contribution in [2.24, 2.45) is 0 Å². The van der Waals surface area contributed by atoms with Gasteiger partial charge in [0.2, 0.25) is 0 Å². The van der Waals surface area contributed by atoms with Gasteiger partial charge in [-0.15, -0.1) is 0 Å². The third kappa shape index (κ3) is 4.24. The minimum Gasteiger partial charge on any atom is -0.527 e. The lowest BCUT2D eigenvalue weighted by Crippen LogP contribution is -2.11. The van der Waals surface area contributed by atoms with Crippen LogP contribution in [0.5, 0.6) is 11.5 Å². The van der Waals surface area contributed by atoms with Crippen molar-refractivity contribution in [2.45, 2.75) is 0 Å². The zero-order chi connectivity index (χ0) is 20.1. The van der Waals surface area contributed by atoms with Crippen molar-refractivity contribution in [1.82, 2.24) is 19.1 Å². The smallest absolute Gasteiger partial charge is 0.527 e. The van der Waals surface area contributed by atoms with Crippen molar-refractivity contribution in [2.75, 3.05) is 0 Å². The van der Waals surface area contributed by atoms with Crippen LogP contribution >= 0.6 is 0 Å². The normalized spacial score (nSPS) is 10.3. The largest absolute Gasteiger partial charge is 0.576 e. The number of hydrogen-bond donors (Lipinski definition) is 0. The first-order chi connectivity index (χ1) is 14.2. The van der Waals surface area contributed by atoms with Gasteiger partial charge in [-0.2, -0.15) is 0 Å². The van der Waals surface area contributed by atoms with E-state index in [0.717, 1.165) is 12.6 Å². The highest BCUT2D eigenvalue weighted by molar-refractivity contribution is 6.20. The van der Waals surface area contributed by atoms with Gasteiger partial charge in [0, 0.05) is 35.9 Å². The van der Waals surface area contributed by atoms with Crippen molar-refractivity contribution < 1.29 is 18.9 Å². The lowest BCUT2D eigenvalue weighted by Gasteiger charge is -2.08. The van der Waals surface area contributed by atoms with Crippen LogP contribution in [0.15, 0.2) is 73.6 Å². The van der Waals surface area contributed by atoms with E-state index in [1.807, 2.05) is 0 Å². The molecule has 0 radical (unpaired) electrons. The maximum atomic E-state index is 10.8. The van der Waals surface area contributed by atoms with Crippen LogP contribution in [0.1, 0.15) is 20.7 Å². The monoisotopic (exact) mass is 386 g/mol. The maximum Gasteiger partial charge on any atom is 0.576 e. The Bertz CT molecular complexity index is 1030. The Morgan fingerprint density at radius 1 is 0.724 bits per heavy atom. The quantitative estimate of drug-likeness (QED) is 0.341. The Labute approximate surface area is 166 Å². The van der Waals surface area contributed by atoms with E-state index in [1.165, 1.54) is 0 Å². The van der Waals surface area contributed by atoms with Crippen LogP contribution < -0.4 is 9.31 Å². The van der Waals surface area contributed by atoms with Gasteiger partial charge in [0.05, 0.1) is 12.4 Å². The molecule has 0 spiro atoms. The van der Waals surface area contributed by atoms with E-state index in [9.17, 15) is 9.59 Å². The topological polar surface area (TPSA) is 88.2 Å². The number of carbonyl (C=O) groups is 2. The van der Waals surface area contributed by atoms with Crippen molar-refractivity contribution in [3.05, 3.63) is 84.7 Å². The van der Waals surface area contributed by atoms with Gasteiger partial charge in [-0.3, -0.25) is 9.59 Å². The van der Waals surface area contributed by atoms with E-state index in [1.54, 1.807) is 82.7 Å². The first-order valence-electron chi connectivity index (χ1n) is 8.70. The van der Waals surface area contributed by atoms with Crippen LogP contribution in [0.3, 0.4) is 0 Å². The van der Waals surface area contributed by atoms with Crippen molar-refractivity contribution in [3.8, 4) is 23.1 Å². The molecule has 0 fully saturated rings. The SMILES string of the molecule is O=Cc1ccn(-c2ccc(OBOc3ccc(-n4ccc(C=O)c4)nc3)cn2)c1. The Morgan fingerprint density at radius 3 is 1.55 bits per heavy atom. The predicted molar refractivity (Wildman–Crippen MR) is 106 cm³/mol. The van der Waals surface area contributed by atoms with Gasteiger partial charge in [0.1, 0.15) is 23.1 Å². The Hall–Kier alpha value is -4.14. The average molecular weight is 386 g/mol. The first kappa shape index (κ1) is 18.2. The average Bonchev–Trinajstić information content (AvgIpc) is 3.44. The molecule has 142 valence electrons. The third-order valence-electron chi connectivity index (χ3n) is 4.13. The number of rotatable bonds is 8. The minimum atomic E-state index is -0.000324. The van der Waals surface area contributed by atoms with Crippen LogP contribution in [-0.2, 0) is 0 Å². The number of carbonyl (C=O) groups excluding carboxylic acids is 2. The summed E-state index contributed by atoms with van der Waals surface area (Å²) < 4.78 is 14.6. The van der Waals surface area contributed by atoms with Gasteiger partial charge in [0.15, 0.2) is 12.6 Å². The molecule has 29 heavy (non-hydrogen) atoms. The van der Waals surface area contributed by atoms with E-state index in [2.05, 4.69) is 9.97 Å². The second-order valence-electron chi connectivity index (χ2n) is 6.05. The van der Waals surface area contributed by atoms with Gasteiger partial charge >= 0.3 is 7.69 Å². The summed E-state index contributed by atoms with van der Waals surface area (Å²) in [5, 5.41) is 0. The fourth-order valence-electron chi connectivity index (χ4n) is 2.64. The van der Waals surface area contributed by atoms with Crippen LogP contribution in [0.2, 0.25) is 0 Å². The standard InChI is InChI=1S/C20H15BN4O4/c26-13-15-5-7-24(11-15)19-3-1-17(9-22-19)28-21-29-18-2-4-20(23-10-18)25-8-6-16(12-25)14-27/h1-14,21H. The molecule has 0 N–H and O–H groups in total. The van der Waals surface area contributed by atoms with E-state index in [4.69, 9.17) is 9.31 Å². The van der Waals surface area contributed by atoms with Crippen LogP contribution in [0, 0.1) is 0 Å². The van der Waals surface area contributed by atoms with Gasteiger partial charge in [-0.25, -0.2) is 9.97 Å². The summed E-state index contributed by atoms with van der Waals surface area (Å²) >= 11 is 0. The molecule has 4 heterocycles. The van der Waals surface area contributed by atoms with E-state index in [0.29, 0.717) is 34.3 Å². The molecule has 4 aromatic rings. The molecule has 0 unspecified atom stereocenters. The highest BCUT2D eigenvalue weighted by atomic mass is 16.6. The molecule has 9 heteroatoms. The van der Waals surface area contributed by atoms with Gasteiger partial charge in [-0.05, 0) is 36.4 Å². The predicted octanol–water partition coefficient (Wildman–Crippen LogP) is 2.41. The second-order valence-corrected chi connectivity index (χ2v) is 6.05. The molecule has 0 saturated carbocycles. The van der Waals surface area contributed by atoms with E-state index in [-0.39, 0.29) is 7.69 Å². The third-order valence-corrected chi connectivity index (χ3v) is 4.13. The van der Waals surface area contributed by atoms with Crippen LogP contribution in [0.25, 0.3) is 11.6 Å². The summed E-state index contributed by atoms with van der Waals surface area (Å²) in [4.78, 5) is 30.1. The zero-order valence-electron chi connectivity index (χ0n) is 15.2. The number of nitrogens with zero attached hydrogens (tertiary/aromatic N) is 4. The molecule has 0 bridgehead atoms. The molecule has 4 aromatic heterocycles. The van der Waals surface area contributed by atoms with Crippen molar-refractivity contribution >= 4 is 20.3 Å². The second kappa shape index (κ2) is 8.26. The molecule has 0 amide bonds. The summed E-state index contributed by atoms with van der Waals surface area (Å²) in [6.07, 6.45) is 11.7. The molecule has 0 saturated heterocycles. The maximum absolute atomic E-state index is 10.8. The van der Waals surface area contributed by atoms with Gasteiger partial charge in [0.25, 0.3) is 0 Å². The zero-order valence-corrected chi connectivity index (χ0v) is 15.2. The van der Waals surface area contributed by atoms with E-state index < -0.39 is 0 Å². The summed E-state index contributed by atoms with van der Waals surface area (Å²) in [6, 6.07) is 10.5. The Balaban J connectivity index is 1.31. The number of hydrogen-bond acceptors (Lipinski definition) is 6. The Morgan fingerprint density at radius 2 is 1.21 bits per heavy atom. The lowest BCUT2D eigenvalue weighted by atomic mass is 10.3. The summed E-state index contributed by atoms with van der Waals surface area (Å²) in [7, 11) is -0.000324. The molecule has 0 aromatic carbocycles. The summed E-state index contributed by atoms with van der Waals surface area (Å²) in [5.74, 6) is 2.45. The van der Waals surface area contributed by atoms with E-state index >= 15 is 0 Å². The highest BCUT2D eigenvalue weighted by Crippen LogP contribution is 2.15. The van der Waals surface area contributed by atoms with Crippen molar-refractivity contribution in [3.63, 3.8) is 0 Å². The fraction of sp³-hybridized carbons (Fsp3) is 0. The van der Waals surface area contributed by atoms with Gasteiger partial charge in [-0.1, -0.05) is 0 Å². The minimum absolute atomic E-state index is 0.000324. The number of aldehydes is 2. The molecule has 4 rings (SSSR count). The first-order valence-corrected chi connectivity index (χ1v) is 8.70. The number of aromatic nitrogens is 4. The number of pyridine rings is 2. The van der Waals surface area contributed by atoms with Gasteiger partial charge < -0.3 is 18.4 Å². The summed E-state index contributed by atoms with van der Waals surface area (Å²) in [5.41, 5.74) is 1.17. The molecule has 0 atom stereocenters. The Kier molecular flexibility index (Phi) is 5.19. The molecular weight excluding hydrogens is 371 g/mol.